The molecular formula is C28H34N6O6S. The van der Waals surface area contributed by atoms with Gasteiger partial charge in [-0.1, -0.05) is 60.7 Å². The monoisotopic (exact) mass is 582 g/mol. The number of anilines is 1. The Kier molecular flexibility index (Phi) is 8.92. The van der Waals surface area contributed by atoms with Crippen molar-refractivity contribution in [2.75, 3.05) is 38.4 Å². The van der Waals surface area contributed by atoms with Gasteiger partial charge in [0.1, 0.15) is 24.1 Å². The summed E-state index contributed by atoms with van der Waals surface area (Å²) in [6.45, 7) is 0.697. The first kappa shape index (κ1) is 29.0. The number of nitrogens with one attached hydrogen (secondary N) is 2. The molecule has 0 bridgehead atoms. The summed E-state index contributed by atoms with van der Waals surface area (Å²) < 4.78 is 38.3. The molecule has 0 saturated carbocycles. The van der Waals surface area contributed by atoms with E-state index in [2.05, 4.69) is 44.3 Å². The predicted molar refractivity (Wildman–Crippen MR) is 153 cm³/mol. The molecule has 3 heterocycles. The van der Waals surface area contributed by atoms with Gasteiger partial charge in [0.05, 0.1) is 19.2 Å². The number of aliphatic hydroxyl groups excluding tert-OH is 2. The summed E-state index contributed by atoms with van der Waals surface area (Å²) in [6.07, 6.45) is -1.29. The molecule has 0 amide bonds. The summed E-state index contributed by atoms with van der Waals surface area (Å²) in [5.74, 6) is 0.835. The van der Waals surface area contributed by atoms with Crippen molar-refractivity contribution in [1.29, 1.82) is 0 Å². The second-order valence-electron chi connectivity index (χ2n) is 9.99. The lowest BCUT2D eigenvalue weighted by molar-refractivity contribution is -0.0580. The van der Waals surface area contributed by atoms with Gasteiger partial charge >= 0.3 is 0 Å². The van der Waals surface area contributed by atoms with E-state index in [0.717, 1.165) is 17.4 Å². The first-order chi connectivity index (χ1) is 19.7. The molecule has 4 aromatic rings. The number of fused-ring (bicyclic) bond motifs is 1. The quantitative estimate of drug-likeness (QED) is 0.192. The van der Waals surface area contributed by atoms with E-state index >= 15 is 0 Å². The first-order valence-electron chi connectivity index (χ1n) is 13.3. The highest BCUT2D eigenvalue weighted by Crippen LogP contribution is 2.33. The zero-order chi connectivity index (χ0) is 29.0. The summed E-state index contributed by atoms with van der Waals surface area (Å²) in [5, 5.41) is 24.7. The Morgan fingerprint density at radius 2 is 1.68 bits per heavy atom. The van der Waals surface area contributed by atoms with E-state index in [-0.39, 0.29) is 25.5 Å². The number of aliphatic hydroxyl groups is 2. The van der Waals surface area contributed by atoms with Crippen LogP contribution in [0.1, 0.15) is 29.1 Å². The fourth-order valence-corrected chi connectivity index (χ4v) is 5.46. The van der Waals surface area contributed by atoms with Crippen LogP contribution >= 0.6 is 0 Å². The molecular weight excluding hydrogens is 548 g/mol. The molecule has 1 aliphatic rings. The van der Waals surface area contributed by atoms with Gasteiger partial charge in [-0.3, -0.25) is 4.57 Å². The average molecular weight is 583 g/mol. The van der Waals surface area contributed by atoms with E-state index in [4.69, 9.17) is 14.5 Å². The first-order valence-corrected chi connectivity index (χ1v) is 15.2. The van der Waals surface area contributed by atoms with Crippen molar-refractivity contribution in [2.45, 2.75) is 36.9 Å². The highest BCUT2D eigenvalue weighted by molar-refractivity contribution is 7.88. The SMILES string of the molecule is COCC1OC(n2cnc3c(NCC(c4ccccc4)c4ccccc4)nc(CCNS(C)(=O)=O)nc32)C(O)C1O. The second kappa shape index (κ2) is 12.6. The van der Waals surface area contributed by atoms with Crippen LogP contribution in [0.2, 0.25) is 0 Å². The van der Waals surface area contributed by atoms with Crippen molar-refractivity contribution in [1.82, 2.24) is 24.2 Å². The molecule has 5 rings (SSSR count). The number of rotatable bonds is 12. The Morgan fingerprint density at radius 1 is 1.02 bits per heavy atom. The lowest BCUT2D eigenvalue weighted by Crippen LogP contribution is -2.33. The maximum Gasteiger partial charge on any atom is 0.208 e. The van der Waals surface area contributed by atoms with E-state index in [1.807, 2.05) is 36.4 Å². The summed E-state index contributed by atoms with van der Waals surface area (Å²) in [4.78, 5) is 13.9. The number of imidazole rings is 1. The van der Waals surface area contributed by atoms with Crippen LogP contribution in [0.25, 0.3) is 11.2 Å². The second-order valence-corrected chi connectivity index (χ2v) is 11.8. The van der Waals surface area contributed by atoms with Crippen LogP contribution in [-0.2, 0) is 25.9 Å². The number of nitrogens with zero attached hydrogens (tertiary/aromatic N) is 4. The average Bonchev–Trinajstić information content (AvgIpc) is 3.50. The third-order valence-electron chi connectivity index (χ3n) is 7.00. The van der Waals surface area contributed by atoms with Gasteiger partial charge in [-0.15, -0.1) is 0 Å². The summed E-state index contributed by atoms with van der Waals surface area (Å²) in [5.41, 5.74) is 3.08. The fourth-order valence-electron chi connectivity index (χ4n) is 4.99. The van der Waals surface area contributed by atoms with Gasteiger partial charge in [0.2, 0.25) is 10.0 Å². The van der Waals surface area contributed by atoms with E-state index in [0.29, 0.717) is 29.4 Å². The molecule has 0 aliphatic carbocycles. The van der Waals surface area contributed by atoms with Crippen LogP contribution in [0.5, 0.6) is 0 Å². The summed E-state index contributed by atoms with van der Waals surface area (Å²) in [6, 6.07) is 20.3. The molecule has 218 valence electrons. The van der Waals surface area contributed by atoms with Gasteiger partial charge in [0, 0.05) is 32.5 Å². The lowest BCUT2D eigenvalue weighted by atomic mass is 9.91. The number of ether oxygens (including phenoxy) is 2. The molecule has 41 heavy (non-hydrogen) atoms. The largest absolute Gasteiger partial charge is 0.387 e. The van der Waals surface area contributed by atoms with Crippen molar-refractivity contribution in [3.05, 3.63) is 83.9 Å². The molecule has 4 atom stereocenters. The minimum Gasteiger partial charge on any atom is -0.387 e. The Morgan fingerprint density at radius 3 is 2.29 bits per heavy atom. The molecule has 12 nitrogen and oxygen atoms in total. The fraction of sp³-hybridized carbons (Fsp3) is 0.393. The van der Waals surface area contributed by atoms with Gasteiger partial charge in [-0.2, -0.15) is 0 Å². The lowest BCUT2D eigenvalue weighted by Gasteiger charge is -2.20. The molecule has 1 aliphatic heterocycles. The maximum absolute atomic E-state index is 11.6. The van der Waals surface area contributed by atoms with Crippen molar-refractivity contribution < 1.29 is 28.1 Å². The van der Waals surface area contributed by atoms with Crippen molar-refractivity contribution in [2.24, 2.45) is 0 Å². The Balaban J connectivity index is 1.49. The minimum atomic E-state index is -3.40. The molecule has 0 spiro atoms. The molecule has 0 radical (unpaired) electrons. The van der Waals surface area contributed by atoms with Gasteiger partial charge in [-0.05, 0) is 11.1 Å². The molecule has 4 N–H and O–H groups in total. The molecule has 1 fully saturated rings. The number of sulfonamides is 1. The van der Waals surface area contributed by atoms with Crippen LogP contribution in [0.15, 0.2) is 67.0 Å². The third kappa shape index (κ3) is 6.72. The highest BCUT2D eigenvalue weighted by atomic mass is 32.2. The maximum atomic E-state index is 11.6. The number of aromatic nitrogens is 4. The third-order valence-corrected chi connectivity index (χ3v) is 7.73. The number of methoxy groups -OCH3 is 1. The van der Waals surface area contributed by atoms with E-state index in [9.17, 15) is 18.6 Å². The topological polar surface area (TPSA) is 161 Å². The molecule has 4 unspecified atom stereocenters. The Labute approximate surface area is 238 Å². The predicted octanol–water partition coefficient (Wildman–Crippen LogP) is 1.43. The van der Waals surface area contributed by atoms with E-state index in [1.54, 1.807) is 4.57 Å². The van der Waals surface area contributed by atoms with Gasteiger partial charge in [0.15, 0.2) is 23.2 Å². The van der Waals surface area contributed by atoms with Crippen LogP contribution in [0, 0.1) is 0 Å². The van der Waals surface area contributed by atoms with E-state index in [1.165, 1.54) is 13.4 Å². The highest BCUT2D eigenvalue weighted by Gasteiger charge is 2.44. The van der Waals surface area contributed by atoms with Crippen LogP contribution in [-0.4, -0.2) is 89.5 Å². The smallest absolute Gasteiger partial charge is 0.208 e. The Bertz CT molecular complexity index is 1510. The van der Waals surface area contributed by atoms with E-state index < -0.39 is 34.6 Å². The van der Waals surface area contributed by atoms with Gasteiger partial charge in [0.25, 0.3) is 0 Å². The zero-order valence-corrected chi connectivity index (χ0v) is 23.6. The summed E-state index contributed by atoms with van der Waals surface area (Å²) in [7, 11) is -1.91. The van der Waals surface area contributed by atoms with Crippen LogP contribution < -0.4 is 10.0 Å². The standard InChI is InChI=1S/C28H34N6O6S/c1-39-16-21-24(35)25(36)28(40-21)34-17-30-23-26(32-22(33-27(23)34)13-14-31-41(2,37)38)29-15-20(18-9-5-3-6-10-18)19-11-7-4-8-12-19/h3-12,17,20-21,24-25,28,31,35-36H,13-16H2,1-2H3,(H,29,32,33). The number of hydrogen-bond donors (Lipinski definition) is 4. The molecule has 2 aromatic heterocycles. The molecule has 2 aromatic carbocycles. The van der Waals surface area contributed by atoms with Crippen molar-refractivity contribution >= 4 is 27.0 Å². The molecule has 1 saturated heterocycles. The zero-order valence-electron chi connectivity index (χ0n) is 22.8. The van der Waals surface area contributed by atoms with Gasteiger partial charge in [-0.25, -0.2) is 28.1 Å². The number of benzene rings is 2. The van der Waals surface area contributed by atoms with Crippen molar-refractivity contribution in [3.8, 4) is 0 Å². The van der Waals surface area contributed by atoms with Crippen LogP contribution in [0.3, 0.4) is 0 Å². The summed E-state index contributed by atoms with van der Waals surface area (Å²) >= 11 is 0. The Hall–Kier alpha value is -3.46. The van der Waals surface area contributed by atoms with Crippen LogP contribution in [0.4, 0.5) is 5.82 Å². The minimum absolute atomic E-state index is 0.00443. The molecule has 13 heteroatoms. The van der Waals surface area contributed by atoms with Gasteiger partial charge < -0.3 is 25.0 Å². The van der Waals surface area contributed by atoms with Crippen molar-refractivity contribution in [3.63, 3.8) is 0 Å². The number of hydrogen-bond acceptors (Lipinski definition) is 10. The normalized spacial score (nSPS) is 21.1.